The molecule has 1 aromatic carbocycles. The highest BCUT2D eigenvalue weighted by Crippen LogP contribution is 2.10. The van der Waals surface area contributed by atoms with Gasteiger partial charge < -0.3 is 9.80 Å². The molecule has 19 heavy (non-hydrogen) atoms. The van der Waals surface area contributed by atoms with Gasteiger partial charge in [-0.25, -0.2) is 0 Å². The highest BCUT2D eigenvalue weighted by Gasteiger charge is 2.24. The summed E-state index contributed by atoms with van der Waals surface area (Å²) in [4.78, 5) is 16.4. The molecule has 1 fully saturated rings. The van der Waals surface area contributed by atoms with Crippen molar-refractivity contribution in [3.8, 4) is 6.07 Å². The van der Waals surface area contributed by atoms with Crippen molar-refractivity contribution < 1.29 is 4.79 Å². The SMILES string of the molecule is CC1CN(C(=O)Cc2ccc(C#N)cc2)CCN1C. The fourth-order valence-electron chi connectivity index (χ4n) is 2.26. The minimum Gasteiger partial charge on any atom is -0.340 e. The van der Waals surface area contributed by atoms with E-state index in [0.717, 1.165) is 25.2 Å². The van der Waals surface area contributed by atoms with Crippen molar-refractivity contribution in [2.24, 2.45) is 0 Å². The van der Waals surface area contributed by atoms with Gasteiger partial charge in [0, 0.05) is 25.7 Å². The molecule has 1 saturated heterocycles. The second-order valence-corrected chi connectivity index (χ2v) is 5.15. The minimum atomic E-state index is 0.171. The Labute approximate surface area is 114 Å². The van der Waals surface area contributed by atoms with Crippen molar-refractivity contribution in [1.29, 1.82) is 5.26 Å². The van der Waals surface area contributed by atoms with Crippen LogP contribution in [-0.4, -0.2) is 48.4 Å². The highest BCUT2D eigenvalue weighted by molar-refractivity contribution is 5.79. The van der Waals surface area contributed by atoms with Gasteiger partial charge in [0.25, 0.3) is 0 Å². The number of hydrogen-bond donors (Lipinski definition) is 0. The van der Waals surface area contributed by atoms with Crippen molar-refractivity contribution >= 4 is 5.91 Å². The molecule has 1 aliphatic rings. The molecule has 1 amide bonds. The summed E-state index contributed by atoms with van der Waals surface area (Å²) >= 11 is 0. The quantitative estimate of drug-likeness (QED) is 0.801. The van der Waals surface area contributed by atoms with E-state index in [1.807, 2.05) is 17.0 Å². The Bertz CT molecular complexity index is 489. The van der Waals surface area contributed by atoms with Crippen LogP contribution in [0.3, 0.4) is 0 Å². The lowest BCUT2D eigenvalue weighted by Crippen LogP contribution is -2.52. The first kappa shape index (κ1) is 13.6. The van der Waals surface area contributed by atoms with E-state index in [0.29, 0.717) is 18.0 Å². The third-order valence-corrected chi connectivity index (χ3v) is 3.75. The van der Waals surface area contributed by atoms with Gasteiger partial charge in [-0.3, -0.25) is 4.79 Å². The third-order valence-electron chi connectivity index (χ3n) is 3.75. The topological polar surface area (TPSA) is 47.3 Å². The molecule has 1 unspecified atom stereocenters. The average Bonchev–Trinajstić information content (AvgIpc) is 2.42. The largest absolute Gasteiger partial charge is 0.340 e. The first-order valence-corrected chi connectivity index (χ1v) is 6.57. The summed E-state index contributed by atoms with van der Waals surface area (Å²) < 4.78 is 0. The van der Waals surface area contributed by atoms with Crippen LogP contribution in [0.2, 0.25) is 0 Å². The molecule has 4 heteroatoms. The predicted molar refractivity (Wildman–Crippen MR) is 73.5 cm³/mol. The van der Waals surface area contributed by atoms with Gasteiger partial charge in [-0.05, 0) is 31.7 Å². The molecule has 0 bridgehead atoms. The summed E-state index contributed by atoms with van der Waals surface area (Å²) in [6, 6.07) is 9.73. The van der Waals surface area contributed by atoms with Crippen LogP contribution in [0.15, 0.2) is 24.3 Å². The Kier molecular flexibility index (Phi) is 4.18. The number of piperazine rings is 1. The van der Waals surface area contributed by atoms with Crippen LogP contribution in [-0.2, 0) is 11.2 Å². The molecule has 1 heterocycles. The number of amides is 1. The fourth-order valence-corrected chi connectivity index (χ4v) is 2.26. The van der Waals surface area contributed by atoms with Crippen LogP contribution >= 0.6 is 0 Å². The summed E-state index contributed by atoms with van der Waals surface area (Å²) in [7, 11) is 2.09. The molecule has 1 aliphatic heterocycles. The molecule has 1 aromatic rings. The summed E-state index contributed by atoms with van der Waals surface area (Å²) in [5.41, 5.74) is 1.60. The Morgan fingerprint density at radius 3 is 2.63 bits per heavy atom. The standard InChI is InChI=1S/C15H19N3O/c1-12-11-18(8-7-17(12)2)15(19)9-13-3-5-14(10-16)6-4-13/h3-6,12H,7-9,11H2,1-2H3. The first-order valence-electron chi connectivity index (χ1n) is 6.57. The smallest absolute Gasteiger partial charge is 0.227 e. The van der Waals surface area contributed by atoms with Gasteiger partial charge in [0.05, 0.1) is 18.1 Å². The summed E-state index contributed by atoms with van der Waals surface area (Å²) in [6.45, 7) is 4.67. The summed E-state index contributed by atoms with van der Waals surface area (Å²) in [5, 5.41) is 8.74. The van der Waals surface area contributed by atoms with Gasteiger partial charge in [0.15, 0.2) is 0 Å². The van der Waals surface area contributed by atoms with Gasteiger partial charge >= 0.3 is 0 Å². The van der Waals surface area contributed by atoms with Crippen molar-refractivity contribution in [2.45, 2.75) is 19.4 Å². The first-order chi connectivity index (χ1) is 9.10. The molecular formula is C15H19N3O. The lowest BCUT2D eigenvalue weighted by Gasteiger charge is -2.37. The van der Waals surface area contributed by atoms with E-state index in [-0.39, 0.29) is 5.91 Å². The number of carbonyl (C=O) groups is 1. The van der Waals surface area contributed by atoms with Crippen LogP contribution in [0.25, 0.3) is 0 Å². The average molecular weight is 257 g/mol. The molecule has 0 spiro atoms. The zero-order valence-electron chi connectivity index (χ0n) is 11.5. The van der Waals surface area contributed by atoms with Crippen LogP contribution in [0.5, 0.6) is 0 Å². The van der Waals surface area contributed by atoms with Crippen LogP contribution < -0.4 is 0 Å². The van der Waals surface area contributed by atoms with Gasteiger partial charge in [0.1, 0.15) is 0 Å². The van der Waals surface area contributed by atoms with Crippen molar-refractivity contribution in [3.63, 3.8) is 0 Å². The van der Waals surface area contributed by atoms with Gasteiger partial charge in [-0.2, -0.15) is 5.26 Å². The highest BCUT2D eigenvalue weighted by atomic mass is 16.2. The second-order valence-electron chi connectivity index (χ2n) is 5.15. The van der Waals surface area contributed by atoms with E-state index in [9.17, 15) is 4.79 Å². The number of nitrogens with zero attached hydrogens (tertiary/aromatic N) is 3. The van der Waals surface area contributed by atoms with Gasteiger partial charge in [-0.1, -0.05) is 12.1 Å². The zero-order chi connectivity index (χ0) is 13.8. The van der Waals surface area contributed by atoms with Gasteiger partial charge in [-0.15, -0.1) is 0 Å². The molecule has 0 radical (unpaired) electrons. The molecule has 0 N–H and O–H groups in total. The maximum Gasteiger partial charge on any atom is 0.227 e. The zero-order valence-corrected chi connectivity index (χ0v) is 11.5. The molecule has 0 saturated carbocycles. The van der Waals surface area contributed by atoms with E-state index in [1.165, 1.54) is 0 Å². The van der Waals surface area contributed by atoms with E-state index in [1.54, 1.807) is 12.1 Å². The maximum absolute atomic E-state index is 12.2. The molecular weight excluding hydrogens is 238 g/mol. The number of likely N-dealkylation sites (N-methyl/N-ethyl adjacent to an activating group) is 1. The van der Waals surface area contributed by atoms with E-state index < -0.39 is 0 Å². The third kappa shape index (κ3) is 3.33. The Morgan fingerprint density at radius 1 is 1.37 bits per heavy atom. The number of benzene rings is 1. The number of nitriles is 1. The number of carbonyl (C=O) groups excluding carboxylic acids is 1. The van der Waals surface area contributed by atoms with Crippen molar-refractivity contribution in [1.82, 2.24) is 9.80 Å². The number of rotatable bonds is 2. The predicted octanol–water partition coefficient (Wildman–Crippen LogP) is 1.26. The van der Waals surface area contributed by atoms with E-state index in [4.69, 9.17) is 5.26 Å². The second kappa shape index (κ2) is 5.85. The van der Waals surface area contributed by atoms with E-state index in [2.05, 4.69) is 24.9 Å². The molecule has 2 rings (SSSR count). The summed E-state index contributed by atoms with van der Waals surface area (Å²) in [5.74, 6) is 0.171. The molecule has 100 valence electrons. The lowest BCUT2D eigenvalue weighted by molar-refractivity contribution is -0.133. The normalized spacial score (nSPS) is 20.1. The van der Waals surface area contributed by atoms with Gasteiger partial charge in [0.2, 0.25) is 5.91 Å². The summed E-state index contributed by atoms with van der Waals surface area (Å²) in [6.07, 6.45) is 0.419. The molecule has 0 aliphatic carbocycles. The maximum atomic E-state index is 12.2. The molecule has 1 atom stereocenters. The Hall–Kier alpha value is -1.86. The lowest BCUT2D eigenvalue weighted by atomic mass is 10.1. The Morgan fingerprint density at radius 2 is 2.05 bits per heavy atom. The molecule has 0 aromatic heterocycles. The number of hydrogen-bond acceptors (Lipinski definition) is 3. The van der Waals surface area contributed by atoms with E-state index >= 15 is 0 Å². The molecule has 4 nitrogen and oxygen atoms in total. The fraction of sp³-hybridized carbons (Fsp3) is 0.467. The van der Waals surface area contributed by atoms with Crippen molar-refractivity contribution in [3.05, 3.63) is 35.4 Å². The van der Waals surface area contributed by atoms with Crippen molar-refractivity contribution in [2.75, 3.05) is 26.7 Å². The monoisotopic (exact) mass is 257 g/mol. The van der Waals surface area contributed by atoms with Crippen LogP contribution in [0.4, 0.5) is 0 Å². The van der Waals surface area contributed by atoms with Crippen LogP contribution in [0.1, 0.15) is 18.1 Å². The van der Waals surface area contributed by atoms with Crippen LogP contribution in [0, 0.1) is 11.3 Å². The Balaban J connectivity index is 1.95. The minimum absolute atomic E-state index is 0.171.